The van der Waals surface area contributed by atoms with Gasteiger partial charge in [-0.3, -0.25) is 4.98 Å². The fraction of sp³-hybridized carbons (Fsp3) is 0.357. The lowest BCUT2D eigenvalue weighted by Crippen LogP contribution is -2.23. The summed E-state index contributed by atoms with van der Waals surface area (Å²) in [6.45, 7) is 8.05. The quantitative estimate of drug-likeness (QED) is 0.765. The Bertz CT molecular complexity index is 556. The lowest BCUT2D eigenvalue weighted by molar-refractivity contribution is 0.133. The van der Waals surface area contributed by atoms with E-state index in [0.29, 0.717) is 0 Å². The number of ether oxygens (including phenoxy) is 1. The molecule has 0 aliphatic carbocycles. The van der Waals surface area contributed by atoms with Crippen molar-refractivity contribution in [3.8, 4) is 5.75 Å². The molecule has 1 heterocycles. The number of hydrogen-bond donors (Lipinski definition) is 1. The van der Waals surface area contributed by atoms with Crippen LogP contribution in [0.4, 0.5) is 5.69 Å². The number of nitrogens with zero attached hydrogens (tertiary/aromatic N) is 1. The largest absolute Gasteiger partial charge is 0.488 e. The maximum Gasteiger partial charge on any atom is 0.128 e. The highest BCUT2D eigenvalue weighted by atomic mass is 16.5. The minimum atomic E-state index is -0.222. The zero-order chi connectivity index (χ0) is 12.6. The van der Waals surface area contributed by atoms with Crippen LogP contribution in [0.25, 0.3) is 10.8 Å². The van der Waals surface area contributed by atoms with Crippen molar-refractivity contribution >= 4 is 16.5 Å². The van der Waals surface area contributed by atoms with E-state index in [4.69, 9.17) is 10.5 Å². The van der Waals surface area contributed by atoms with Gasteiger partial charge in [0.15, 0.2) is 0 Å². The van der Waals surface area contributed by atoms with Crippen LogP contribution in [-0.2, 0) is 0 Å². The van der Waals surface area contributed by atoms with Crippen LogP contribution in [0.15, 0.2) is 24.4 Å². The molecule has 0 unspecified atom stereocenters. The van der Waals surface area contributed by atoms with Gasteiger partial charge in [-0.15, -0.1) is 0 Å². The number of pyridine rings is 1. The predicted octanol–water partition coefficient (Wildman–Crippen LogP) is 3.30. The summed E-state index contributed by atoms with van der Waals surface area (Å²) in [4.78, 5) is 4.27. The van der Waals surface area contributed by atoms with Gasteiger partial charge >= 0.3 is 0 Å². The average Bonchev–Trinajstić information content (AvgIpc) is 2.20. The molecule has 0 amide bonds. The number of aromatic nitrogens is 1. The molecule has 17 heavy (non-hydrogen) atoms. The number of fused-ring (bicyclic) bond motifs is 1. The fourth-order valence-corrected chi connectivity index (χ4v) is 1.76. The van der Waals surface area contributed by atoms with Crippen LogP contribution in [0.1, 0.15) is 26.5 Å². The molecule has 2 aromatic rings. The summed E-state index contributed by atoms with van der Waals surface area (Å²) < 4.78 is 5.94. The Morgan fingerprint density at radius 1 is 1.18 bits per heavy atom. The standard InChI is InChI=1S/C14H18N2O/c1-9-7-10-11(8-16-9)12(15)5-6-13(10)17-14(2,3)4/h5-8H,15H2,1-4H3. The van der Waals surface area contributed by atoms with Gasteiger partial charge in [0.25, 0.3) is 0 Å². The molecule has 0 bridgehead atoms. The Morgan fingerprint density at radius 3 is 2.53 bits per heavy atom. The predicted molar refractivity (Wildman–Crippen MR) is 71.3 cm³/mol. The lowest BCUT2D eigenvalue weighted by Gasteiger charge is -2.22. The zero-order valence-electron chi connectivity index (χ0n) is 10.7. The molecule has 0 atom stereocenters. The van der Waals surface area contributed by atoms with Gasteiger partial charge in [-0.2, -0.15) is 0 Å². The number of anilines is 1. The Labute approximate surface area is 102 Å². The number of nitrogen functional groups attached to an aromatic ring is 1. The lowest BCUT2D eigenvalue weighted by atomic mass is 10.1. The van der Waals surface area contributed by atoms with Gasteiger partial charge in [-0.1, -0.05) is 0 Å². The summed E-state index contributed by atoms with van der Waals surface area (Å²) in [5.74, 6) is 0.854. The van der Waals surface area contributed by atoms with E-state index in [9.17, 15) is 0 Å². The van der Waals surface area contributed by atoms with Gasteiger partial charge in [-0.05, 0) is 45.9 Å². The normalized spacial score (nSPS) is 11.8. The first-order chi connectivity index (χ1) is 7.87. The Kier molecular flexibility index (Phi) is 2.69. The SMILES string of the molecule is Cc1cc2c(OC(C)(C)C)ccc(N)c2cn1. The van der Waals surface area contributed by atoms with Crippen LogP contribution < -0.4 is 10.5 Å². The molecule has 2 N–H and O–H groups in total. The smallest absolute Gasteiger partial charge is 0.128 e. The topological polar surface area (TPSA) is 48.1 Å². The number of nitrogens with two attached hydrogens (primary N) is 1. The minimum Gasteiger partial charge on any atom is -0.488 e. The number of hydrogen-bond acceptors (Lipinski definition) is 3. The van der Waals surface area contributed by atoms with Gasteiger partial charge in [-0.25, -0.2) is 0 Å². The Morgan fingerprint density at radius 2 is 1.88 bits per heavy atom. The van der Waals surface area contributed by atoms with Crippen LogP contribution in [0.2, 0.25) is 0 Å². The molecule has 3 heteroatoms. The highest BCUT2D eigenvalue weighted by Gasteiger charge is 2.14. The second-order valence-electron chi connectivity index (χ2n) is 5.24. The van der Waals surface area contributed by atoms with Gasteiger partial charge in [0.2, 0.25) is 0 Å². The van der Waals surface area contributed by atoms with E-state index in [1.807, 2.05) is 45.9 Å². The molecule has 0 saturated carbocycles. The second kappa shape index (κ2) is 3.91. The molecule has 0 fully saturated rings. The van der Waals surface area contributed by atoms with Crippen molar-refractivity contribution in [3.05, 3.63) is 30.1 Å². The third kappa shape index (κ3) is 2.49. The summed E-state index contributed by atoms with van der Waals surface area (Å²) in [5, 5.41) is 1.96. The molecule has 0 spiro atoms. The van der Waals surface area contributed by atoms with Crippen molar-refractivity contribution in [1.29, 1.82) is 0 Å². The summed E-state index contributed by atoms with van der Waals surface area (Å²) in [6.07, 6.45) is 1.80. The van der Waals surface area contributed by atoms with E-state index in [-0.39, 0.29) is 5.60 Å². The Balaban J connectivity index is 2.64. The van der Waals surface area contributed by atoms with Gasteiger partial charge in [0.05, 0.1) is 0 Å². The number of rotatable bonds is 1. The molecule has 1 aromatic carbocycles. The van der Waals surface area contributed by atoms with Gasteiger partial charge in [0, 0.05) is 28.4 Å². The molecule has 90 valence electrons. The molecule has 0 aliphatic rings. The van der Waals surface area contributed by atoms with Crippen molar-refractivity contribution in [1.82, 2.24) is 4.98 Å². The van der Waals surface area contributed by atoms with E-state index in [1.54, 1.807) is 6.20 Å². The molecular formula is C14H18N2O. The highest BCUT2D eigenvalue weighted by Crippen LogP contribution is 2.32. The molecule has 0 radical (unpaired) electrons. The van der Waals surface area contributed by atoms with E-state index in [1.165, 1.54) is 0 Å². The molecule has 3 nitrogen and oxygen atoms in total. The third-order valence-electron chi connectivity index (χ3n) is 2.45. The molecule has 0 saturated heterocycles. The van der Waals surface area contributed by atoms with Crippen LogP contribution in [-0.4, -0.2) is 10.6 Å². The maximum absolute atomic E-state index is 5.94. The number of aryl methyl sites for hydroxylation is 1. The van der Waals surface area contributed by atoms with Crippen molar-refractivity contribution in [2.45, 2.75) is 33.3 Å². The summed E-state index contributed by atoms with van der Waals surface area (Å²) >= 11 is 0. The van der Waals surface area contributed by atoms with Crippen LogP contribution >= 0.6 is 0 Å². The first kappa shape index (κ1) is 11.7. The number of benzene rings is 1. The fourth-order valence-electron chi connectivity index (χ4n) is 1.76. The third-order valence-corrected chi connectivity index (χ3v) is 2.45. The molecule has 1 aromatic heterocycles. The second-order valence-corrected chi connectivity index (χ2v) is 5.24. The molecular weight excluding hydrogens is 212 g/mol. The van der Waals surface area contributed by atoms with Crippen LogP contribution in [0.5, 0.6) is 5.75 Å². The molecule has 0 aliphatic heterocycles. The zero-order valence-corrected chi connectivity index (χ0v) is 10.7. The van der Waals surface area contributed by atoms with Crippen molar-refractivity contribution in [3.63, 3.8) is 0 Å². The first-order valence-electron chi connectivity index (χ1n) is 5.71. The monoisotopic (exact) mass is 230 g/mol. The summed E-state index contributed by atoms with van der Waals surface area (Å²) in [5.41, 5.74) is 7.41. The maximum atomic E-state index is 5.94. The van der Waals surface area contributed by atoms with Crippen LogP contribution in [0, 0.1) is 6.92 Å². The average molecular weight is 230 g/mol. The molecule has 2 rings (SSSR count). The van der Waals surface area contributed by atoms with E-state index >= 15 is 0 Å². The summed E-state index contributed by atoms with van der Waals surface area (Å²) in [6, 6.07) is 5.79. The van der Waals surface area contributed by atoms with Crippen molar-refractivity contribution in [2.24, 2.45) is 0 Å². The van der Waals surface area contributed by atoms with Crippen molar-refractivity contribution < 1.29 is 4.74 Å². The Hall–Kier alpha value is -1.77. The van der Waals surface area contributed by atoms with Gasteiger partial charge < -0.3 is 10.5 Å². The van der Waals surface area contributed by atoms with E-state index in [2.05, 4.69) is 4.98 Å². The van der Waals surface area contributed by atoms with Crippen molar-refractivity contribution in [2.75, 3.05) is 5.73 Å². The van der Waals surface area contributed by atoms with E-state index in [0.717, 1.165) is 27.9 Å². The van der Waals surface area contributed by atoms with Gasteiger partial charge in [0.1, 0.15) is 11.4 Å². The highest BCUT2D eigenvalue weighted by molar-refractivity contribution is 5.96. The summed E-state index contributed by atoms with van der Waals surface area (Å²) in [7, 11) is 0. The minimum absolute atomic E-state index is 0.222. The van der Waals surface area contributed by atoms with E-state index < -0.39 is 0 Å². The first-order valence-corrected chi connectivity index (χ1v) is 5.71. The van der Waals surface area contributed by atoms with Crippen LogP contribution in [0.3, 0.4) is 0 Å².